The van der Waals surface area contributed by atoms with Crippen LogP contribution in [0.1, 0.15) is 44.2 Å². The Balaban J connectivity index is 2.09. The highest BCUT2D eigenvalue weighted by Gasteiger charge is 2.28. The third-order valence-electron chi connectivity index (χ3n) is 4.03. The lowest BCUT2D eigenvalue weighted by molar-refractivity contribution is 0.240. The summed E-state index contributed by atoms with van der Waals surface area (Å²) in [5.74, 6) is 0.850. The summed E-state index contributed by atoms with van der Waals surface area (Å²) in [6.07, 6.45) is 4.72. The molecular weight excluding hydrogens is 252 g/mol. The van der Waals surface area contributed by atoms with E-state index in [9.17, 15) is 0 Å². The SMILES string of the molecule is CCCC1CCN(C(CC(N)=S)c2ccccc2)C1. The van der Waals surface area contributed by atoms with E-state index < -0.39 is 0 Å². The first-order valence-corrected chi connectivity index (χ1v) is 7.68. The quantitative estimate of drug-likeness (QED) is 0.806. The van der Waals surface area contributed by atoms with Gasteiger partial charge in [-0.15, -0.1) is 0 Å². The second-order valence-electron chi connectivity index (χ2n) is 5.54. The molecule has 0 aliphatic carbocycles. The smallest absolute Gasteiger partial charge is 0.0746 e. The lowest BCUT2D eigenvalue weighted by Gasteiger charge is -2.28. The Kier molecular flexibility index (Phi) is 5.34. The summed E-state index contributed by atoms with van der Waals surface area (Å²) in [4.78, 5) is 3.18. The van der Waals surface area contributed by atoms with Crippen LogP contribution in [0.3, 0.4) is 0 Å². The molecule has 1 heterocycles. The fraction of sp³-hybridized carbons (Fsp3) is 0.562. The van der Waals surface area contributed by atoms with E-state index in [1.54, 1.807) is 0 Å². The number of benzene rings is 1. The Labute approximate surface area is 122 Å². The van der Waals surface area contributed by atoms with Gasteiger partial charge in [-0.05, 0) is 30.9 Å². The van der Waals surface area contributed by atoms with Gasteiger partial charge in [-0.3, -0.25) is 4.90 Å². The van der Waals surface area contributed by atoms with E-state index in [0.717, 1.165) is 12.3 Å². The molecular formula is C16H24N2S. The summed E-state index contributed by atoms with van der Waals surface area (Å²) in [5.41, 5.74) is 7.14. The summed E-state index contributed by atoms with van der Waals surface area (Å²) in [6, 6.07) is 11.0. The van der Waals surface area contributed by atoms with Crippen LogP contribution in [0.2, 0.25) is 0 Å². The van der Waals surface area contributed by atoms with Crippen LogP contribution >= 0.6 is 12.2 Å². The summed E-state index contributed by atoms with van der Waals surface area (Å²) in [5, 5.41) is 0. The van der Waals surface area contributed by atoms with E-state index in [2.05, 4.69) is 42.2 Å². The topological polar surface area (TPSA) is 29.3 Å². The zero-order chi connectivity index (χ0) is 13.7. The van der Waals surface area contributed by atoms with Gasteiger partial charge in [0.05, 0.1) is 4.99 Å². The van der Waals surface area contributed by atoms with E-state index in [4.69, 9.17) is 18.0 Å². The Morgan fingerprint density at radius 2 is 2.16 bits per heavy atom. The number of nitrogens with two attached hydrogens (primary N) is 1. The molecule has 2 atom stereocenters. The number of thiocarbonyl (C=S) groups is 1. The minimum atomic E-state index is 0.362. The molecule has 2 nitrogen and oxygen atoms in total. The Morgan fingerprint density at radius 1 is 1.42 bits per heavy atom. The number of likely N-dealkylation sites (tertiary alicyclic amines) is 1. The third-order valence-corrected chi connectivity index (χ3v) is 4.20. The van der Waals surface area contributed by atoms with Crippen molar-refractivity contribution in [2.45, 2.75) is 38.6 Å². The van der Waals surface area contributed by atoms with Crippen LogP contribution in [0.25, 0.3) is 0 Å². The number of nitrogens with zero attached hydrogens (tertiary/aromatic N) is 1. The number of hydrogen-bond donors (Lipinski definition) is 1. The highest BCUT2D eigenvalue weighted by molar-refractivity contribution is 7.80. The van der Waals surface area contributed by atoms with E-state index in [-0.39, 0.29) is 0 Å². The maximum Gasteiger partial charge on any atom is 0.0746 e. The van der Waals surface area contributed by atoms with E-state index in [0.29, 0.717) is 11.0 Å². The normalized spacial score (nSPS) is 21.4. The van der Waals surface area contributed by atoms with Crippen LogP contribution in [-0.4, -0.2) is 23.0 Å². The molecule has 0 spiro atoms. The molecule has 104 valence electrons. The molecule has 1 aromatic carbocycles. The molecule has 3 heteroatoms. The van der Waals surface area contributed by atoms with Crippen LogP contribution in [0.5, 0.6) is 0 Å². The van der Waals surface area contributed by atoms with Crippen molar-refractivity contribution in [1.29, 1.82) is 0 Å². The highest BCUT2D eigenvalue weighted by Crippen LogP contribution is 2.31. The first kappa shape index (κ1) is 14.5. The van der Waals surface area contributed by atoms with Gasteiger partial charge >= 0.3 is 0 Å². The zero-order valence-electron chi connectivity index (χ0n) is 11.7. The van der Waals surface area contributed by atoms with Crippen molar-refractivity contribution in [3.8, 4) is 0 Å². The predicted octanol–water partition coefficient (Wildman–Crippen LogP) is 3.53. The minimum Gasteiger partial charge on any atom is -0.393 e. The third kappa shape index (κ3) is 4.02. The van der Waals surface area contributed by atoms with Crippen molar-refractivity contribution >= 4 is 17.2 Å². The molecule has 0 aromatic heterocycles. The molecule has 1 fully saturated rings. The van der Waals surface area contributed by atoms with Crippen molar-refractivity contribution in [3.63, 3.8) is 0 Å². The van der Waals surface area contributed by atoms with Crippen LogP contribution in [0.15, 0.2) is 30.3 Å². The van der Waals surface area contributed by atoms with Gasteiger partial charge in [-0.2, -0.15) is 0 Å². The summed E-state index contributed by atoms with van der Waals surface area (Å²) in [6.45, 7) is 4.63. The van der Waals surface area contributed by atoms with Crippen molar-refractivity contribution in [2.24, 2.45) is 11.7 Å². The van der Waals surface area contributed by atoms with Gasteiger partial charge in [0.15, 0.2) is 0 Å². The van der Waals surface area contributed by atoms with Gasteiger partial charge in [0.25, 0.3) is 0 Å². The van der Waals surface area contributed by atoms with E-state index in [1.807, 2.05) is 0 Å². The van der Waals surface area contributed by atoms with E-state index in [1.165, 1.54) is 37.9 Å². The molecule has 1 aromatic rings. The van der Waals surface area contributed by atoms with Crippen LogP contribution in [0.4, 0.5) is 0 Å². The van der Waals surface area contributed by atoms with Gasteiger partial charge in [0.2, 0.25) is 0 Å². The second kappa shape index (κ2) is 7.01. The fourth-order valence-corrected chi connectivity index (χ4v) is 3.27. The van der Waals surface area contributed by atoms with Crippen molar-refractivity contribution in [3.05, 3.63) is 35.9 Å². The Morgan fingerprint density at radius 3 is 2.79 bits per heavy atom. The first-order chi connectivity index (χ1) is 9.20. The molecule has 1 aliphatic heterocycles. The molecule has 19 heavy (non-hydrogen) atoms. The van der Waals surface area contributed by atoms with Crippen molar-refractivity contribution in [1.82, 2.24) is 4.90 Å². The van der Waals surface area contributed by atoms with Crippen LogP contribution < -0.4 is 5.73 Å². The average molecular weight is 276 g/mol. The predicted molar refractivity (Wildman–Crippen MR) is 85.2 cm³/mol. The molecule has 0 bridgehead atoms. The summed E-state index contributed by atoms with van der Waals surface area (Å²) >= 11 is 5.14. The van der Waals surface area contributed by atoms with Gasteiger partial charge in [-0.1, -0.05) is 55.9 Å². The van der Waals surface area contributed by atoms with Crippen LogP contribution in [-0.2, 0) is 0 Å². The molecule has 2 N–H and O–H groups in total. The molecule has 2 rings (SSSR count). The molecule has 1 aliphatic rings. The zero-order valence-corrected chi connectivity index (χ0v) is 12.5. The van der Waals surface area contributed by atoms with Gasteiger partial charge < -0.3 is 5.73 Å². The summed E-state index contributed by atoms with van der Waals surface area (Å²) in [7, 11) is 0. The molecule has 0 saturated carbocycles. The molecule has 0 radical (unpaired) electrons. The van der Waals surface area contributed by atoms with Crippen molar-refractivity contribution in [2.75, 3.05) is 13.1 Å². The largest absolute Gasteiger partial charge is 0.393 e. The highest BCUT2D eigenvalue weighted by atomic mass is 32.1. The van der Waals surface area contributed by atoms with Gasteiger partial charge in [0.1, 0.15) is 0 Å². The minimum absolute atomic E-state index is 0.362. The number of rotatable bonds is 6. The molecule has 0 amide bonds. The van der Waals surface area contributed by atoms with Gasteiger partial charge in [0, 0.05) is 19.0 Å². The second-order valence-corrected chi connectivity index (χ2v) is 6.06. The average Bonchev–Trinajstić information content (AvgIpc) is 2.86. The van der Waals surface area contributed by atoms with Crippen molar-refractivity contribution < 1.29 is 0 Å². The van der Waals surface area contributed by atoms with E-state index >= 15 is 0 Å². The maximum absolute atomic E-state index is 5.80. The fourth-order valence-electron chi connectivity index (χ4n) is 3.11. The lowest BCUT2D eigenvalue weighted by Crippen LogP contribution is -2.30. The lowest BCUT2D eigenvalue weighted by atomic mass is 10.0. The maximum atomic E-state index is 5.80. The Hall–Kier alpha value is -0.930. The molecule has 1 saturated heterocycles. The van der Waals surface area contributed by atoms with Gasteiger partial charge in [-0.25, -0.2) is 0 Å². The Bertz CT molecular complexity index is 404. The summed E-state index contributed by atoms with van der Waals surface area (Å²) < 4.78 is 0. The van der Waals surface area contributed by atoms with Crippen LogP contribution in [0, 0.1) is 5.92 Å². The standard InChI is InChI=1S/C16H24N2S/c1-2-6-13-9-10-18(12-13)15(11-16(17)19)14-7-4-3-5-8-14/h3-5,7-8,13,15H,2,6,9-12H2,1H3,(H2,17,19). The number of hydrogen-bond acceptors (Lipinski definition) is 2. The first-order valence-electron chi connectivity index (χ1n) is 7.28. The molecule has 2 unspecified atom stereocenters. The monoisotopic (exact) mass is 276 g/mol.